The summed E-state index contributed by atoms with van der Waals surface area (Å²) >= 11 is 0. The zero-order valence-electron chi connectivity index (χ0n) is 33.6. The number of carbonyl (C=O) groups is 3. The molecule has 0 heterocycles. The molecule has 4 saturated carbocycles. The van der Waals surface area contributed by atoms with Gasteiger partial charge in [-0.3, -0.25) is 9.59 Å². The molecular weight excluding hydrogens is 652 g/mol. The first kappa shape index (κ1) is 43.1. The normalized spacial score (nSPS) is 33.7. The third-order valence-corrected chi connectivity index (χ3v) is 15.1. The molecule has 0 aromatic carbocycles. The van der Waals surface area contributed by atoms with Crippen LogP contribution in [0.2, 0.25) is 0 Å². The summed E-state index contributed by atoms with van der Waals surface area (Å²) in [5, 5.41) is 37.5. The van der Waals surface area contributed by atoms with E-state index < -0.39 is 12.0 Å². The van der Waals surface area contributed by atoms with Crippen LogP contribution in [0.1, 0.15) is 188 Å². The van der Waals surface area contributed by atoms with Crippen molar-refractivity contribution in [2.45, 2.75) is 206 Å². The van der Waals surface area contributed by atoms with Crippen molar-refractivity contribution in [3.05, 3.63) is 0 Å². The van der Waals surface area contributed by atoms with Gasteiger partial charge in [0.2, 0.25) is 11.8 Å². The molecule has 0 radical (unpaired) electrons. The first-order valence-corrected chi connectivity index (χ1v) is 22.1. The lowest BCUT2D eigenvalue weighted by atomic mass is 9.43. The van der Waals surface area contributed by atoms with Crippen LogP contribution in [0.3, 0.4) is 0 Å². The van der Waals surface area contributed by atoms with Gasteiger partial charge in [-0.15, -0.1) is 0 Å². The molecule has 4 fully saturated rings. The third-order valence-electron chi connectivity index (χ3n) is 15.1. The number of carboxylic acids is 1. The van der Waals surface area contributed by atoms with Crippen molar-refractivity contribution < 1.29 is 29.7 Å². The number of aliphatic carboxylic acids is 1. The minimum Gasteiger partial charge on any atom is -0.480 e. The molecule has 8 nitrogen and oxygen atoms in total. The van der Waals surface area contributed by atoms with Crippen LogP contribution < -0.4 is 10.6 Å². The van der Waals surface area contributed by atoms with Gasteiger partial charge in [-0.1, -0.05) is 91.9 Å². The van der Waals surface area contributed by atoms with Gasteiger partial charge in [-0.2, -0.15) is 0 Å². The lowest BCUT2D eigenvalue weighted by molar-refractivity contribution is -0.174. The molecule has 8 heteroatoms. The lowest BCUT2D eigenvalue weighted by Crippen LogP contribution is -2.58. The van der Waals surface area contributed by atoms with Gasteiger partial charge in [0.1, 0.15) is 6.04 Å². The molecule has 11 atom stereocenters. The summed E-state index contributed by atoms with van der Waals surface area (Å²) < 4.78 is 0. The van der Waals surface area contributed by atoms with E-state index >= 15 is 0 Å². The highest BCUT2D eigenvalue weighted by atomic mass is 16.4. The molecule has 0 bridgehead atoms. The Morgan fingerprint density at radius 2 is 1.35 bits per heavy atom. The molecule has 4 rings (SSSR count). The topological polar surface area (TPSA) is 136 Å². The molecule has 4 aliphatic rings. The maximum Gasteiger partial charge on any atom is 0.326 e. The molecule has 0 saturated heterocycles. The van der Waals surface area contributed by atoms with E-state index in [4.69, 9.17) is 0 Å². The number of hydrogen-bond donors (Lipinski definition) is 5. The number of rotatable bonds is 23. The summed E-state index contributed by atoms with van der Waals surface area (Å²) in [5.41, 5.74) is 0.369. The van der Waals surface area contributed by atoms with Gasteiger partial charge < -0.3 is 26.0 Å². The summed E-state index contributed by atoms with van der Waals surface area (Å²) in [4.78, 5) is 37.2. The van der Waals surface area contributed by atoms with E-state index in [2.05, 4.69) is 38.3 Å². The SMILES string of the molecule is CCCCCCCCCCCCCC(=O)NCCCCC(NC(=O)CC[C@H](C)C1CCC2C3C(CC[C@@]21C)[C@@]1(C)CC[C@@H](O)CC1C[C@@H]3O)C(=O)O. The van der Waals surface area contributed by atoms with Gasteiger partial charge in [0, 0.05) is 19.4 Å². The molecular formula is C44H78N2O6. The van der Waals surface area contributed by atoms with E-state index in [1.807, 2.05) is 0 Å². The Balaban J connectivity index is 1.10. The number of aliphatic hydroxyl groups is 2. The Bertz CT molecular complexity index is 1120. The average Bonchev–Trinajstić information content (AvgIpc) is 3.46. The maximum atomic E-state index is 13.0. The predicted molar refractivity (Wildman–Crippen MR) is 209 cm³/mol. The summed E-state index contributed by atoms with van der Waals surface area (Å²) in [6.45, 7) is 9.97. The van der Waals surface area contributed by atoms with Gasteiger partial charge in [0.15, 0.2) is 0 Å². The van der Waals surface area contributed by atoms with Gasteiger partial charge in [0.25, 0.3) is 0 Å². The van der Waals surface area contributed by atoms with E-state index in [0.717, 1.165) is 64.2 Å². The highest BCUT2D eigenvalue weighted by Gasteiger charge is 2.62. The Hall–Kier alpha value is -1.67. The summed E-state index contributed by atoms with van der Waals surface area (Å²) in [6, 6.07) is -0.905. The number of carboxylic acid groups (broad SMARTS) is 1. The van der Waals surface area contributed by atoms with Crippen LogP contribution >= 0.6 is 0 Å². The fourth-order valence-electron chi connectivity index (χ4n) is 12.0. The average molecular weight is 731 g/mol. The summed E-state index contributed by atoms with van der Waals surface area (Å²) in [7, 11) is 0. The highest BCUT2D eigenvalue weighted by Crippen LogP contribution is 2.68. The van der Waals surface area contributed by atoms with E-state index in [-0.39, 0.29) is 34.9 Å². The fourth-order valence-corrected chi connectivity index (χ4v) is 12.0. The zero-order chi connectivity index (χ0) is 37.7. The van der Waals surface area contributed by atoms with Crippen molar-refractivity contribution in [3.63, 3.8) is 0 Å². The number of nitrogens with one attached hydrogen (secondary N) is 2. The second-order valence-corrected chi connectivity index (χ2v) is 18.6. The quantitative estimate of drug-likeness (QED) is 0.0667. The third kappa shape index (κ3) is 11.4. The zero-order valence-corrected chi connectivity index (χ0v) is 33.6. The molecule has 6 unspecified atom stereocenters. The second-order valence-electron chi connectivity index (χ2n) is 18.6. The van der Waals surface area contributed by atoms with Crippen LogP contribution in [0.4, 0.5) is 0 Å². The smallest absolute Gasteiger partial charge is 0.326 e. The number of amides is 2. The minimum atomic E-state index is -1.00. The van der Waals surface area contributed by atoms with Crippen LogP contribution in [-0.2, 0) is 14.4 Å². The standard InChI is InChI=1S/C44H78N2O6/c1-5-6-7-8-9-10-11-12-13-14-15-19-39(49)45-28-17-16-18-37(42(51)52)46-40(50)23-20-31(2)34-21-22-35-41-36(25-27-44(34,35)4)43(3)26-24-33(47)29-32(43)30-38(41)48/h31-38,41,47-48H,5-30H2,1-4H3,(H,45,49)(H,46,50)(H,51,52)/t31-,32?,33+,34?,35?,36?,37?,38-,41?,43-,44+/m0/s1. The highest BCUT2D eigenvalue weighted by molar-refractivity contribution is 5.83. The largest absolute Gasteiger partial charge is 0.480 e. The van der Waals surface area contributed by atoms with E-state index in [9.17, 15) is 29.7 Å². The molecule has 4 aliphatic carbocycles. The first-order valence-electron chi connectivity index (χ1n) is 22.1. The number of fused-ring (bicyclic) bond motifs is 5. The van der Waals surface area contributed by atoms with Gasteiger partial charge in [-0.25, -0.2) is 4.79 Å². The Morgan fingerprint density at radius 1 is 0.712 bits per heavy atom. The van der Waals surface area contributed by atoms with Crippen molar-refractivity contribution in [2.75, 3.05) is 6.54 Å². The Labute approximate surface area is 316 Å². The summed E-state index contributed by atoms with van der Waals surface area (Å²) in [6.07, 6.45) is 24.8. The molecule has 52 heavy (non-hydrogen) atoms. The minimum absolute atomic E-state index is 0.0754. The Morgan fingerprint density at radius 3 is 2.02 bits per heavy atom. The molecule has 300 valence electrons. The number of aliphatic hydroxyl groups excluding tert-OH is 2. The lowest BCUT2D eigenvalue weighted by Gasteiger charge is -2.62. The monoisotopic (exact) mass is 731 g/mol. The van der Waals surface area contributed by atoms with Gasteiger partial charge in [-0.05, 0) is 130 Å². The predicted octanol–water partition coefficient (Wildman–Crippen LogP) is 8.95. The maximum absolute atomic E-state index is 13.0. The van der Waals surface area contributed by atoms with E-state index in [0.29, 0.717) is 74.2 Å². The molecule has 5 N–H and O–H groups in total. The van der Waals surface area contributed by atoms with Crippen molar-refractivity contribution in [1.82, 2.24) is 10.6 Å². The molecule has 0 aromatic rings. The van der Waals surface area contributed by atoms with Crippen molar-refractivity contribution in [1.29, 1.82) is 0 Å². The van der Waals surface area contributed by atoms with E-state index in [1.54, 1.807) is 0 Å². The van der Waals surface area contributed by atoms with Crippen LogP contribution in [0.25, 0.3) is 0 Å². The number of carbonyl (C=O) groups excluding carboxylic acids is 2. The van der Waals surface area contributed by atoms with Gasteiger partial charge in [0.05, 0.1) is 12.2 Å². The van der Waals surface area contributed by atoms with Crippen LogP contribution in [-0.4, -0.2) is 57.9 Å². The number of hydrogen-bond acceptors (Lipinski definition) is 5. The van der Waals surface area contributed by atoms with Crippen LogP contribution in [0.15, 0.2) is 0 Å². The second kappa shape index (κ2) is 20.9. The molecule has 0 spiro atoms. The number of unbranched alkanes of at least 4 members (excludes halogenated alkanes) is 11. The summed E-state index contributed by atoms with van der Waals surface area (Å²) in [5.74, 6) is 1.49. The van der Waals surface area contributed by atoms with Crippen LogP contribution in [0.5, 0.6) is 0 Å². The van der Waals surface area contributed by atoms with Gasteiger partial charge >= 0.3 is 5.97 Å². The molecule has 0 aliphatic heterocycles. The van der Waals surface area contributed by atoms with Crippen molar-refractivity contribution in [3.8, 4) is 0 Å². The Kier molecular flexibility index (Phi) is 17.3. The van der Waals surface area contributed by atoms with Crippen LogP contribution in [0, 0.1) is 46.3 Å². The first-order chi connectivity index (χ1) is 24.9. The van der Waals surface area contributed by atoms with Crippen molar-refractivity contribution in [2.24, 2.45) is 46.3 Å². The molecule has 0 aromatic heterocycles. The van der Waals surface area contributed by atoms with E-state index in [1.165, 1.54) is 64.2 Å². The molecule has 2 amide bonds. The van der Waals surface area contributed by atoms with Crippen molar-refractivity contribution >= 4 is 17.8 Å². The fraction of sp³-hybridized carbons (Fsp3) is 0.932.